The first-order chi connectivity index (χ1) is 15.9. The molecule has 5 nitrogen and oxygen atoms in total. The smallest absolute Gasteiger partial charge is 0.303 e. The quantitative estimate of drug-likeness (QED) is 0.336. The van der Waals surface area contributed by atoms with Crippen LogP contribution in [-0.2, 0) is 16.0 Å². The van der Waals surface area contributed by atoms with Crippen LogP contribution in [0.15, 0.2) is 54.6 Å². The third-order valence-corrected chi connectivity index (χ3v) is 7.98. The molecule has 2 heterocycles. The van der Waals surface area contributed by atoms with E-state index >= 15 is 0 Å². The second kappa shape index (κ2) is 10.7. The molecule has 1 aliphatic heterocycles. The number of halogens is 2. The monoisotopic (exact) mass is 504 g/mol. The largest absolute Gasteiger partial charge is 0.481 e. The molecule has 0 spiro atoms. The van der Waals surface area contributed by atoms with E-state index in [1.165, 1.54) is 30.1 Å². The number of benzene rings is 2. The Kier molecular flexibility index (Phi) is 7.70. The molecule has 3 aromatic rings. The van der Waals surface area contributed by atoms with Crippen molar-refractivity contribution >= 4 is 52.4 Å². The van der Waals surface area contributed by atoms with Gasteiger partial charge in [0.05, 0.1) is 17.0 Å². The van der Waals surface area contributed by atoms with Gasteiger partial charge in [0.2, 0.25) is 5.91 Å². The number of hydrogen-bond donors (Lipinski definition) is 3. The van der Waals surface area contributed by atoms with Crippen molar-refractivity contribution in [3.8, 4) is 10.4 Å². The first kappa shape index (κ1) is 23.8. The number of hydrogen-bond acceptors (Lipinski definition) is 5. The van der Waals surface area contributed by atoms with Gasteiger partial charge in [0, 0.05) is 27.6 Å². The molecule has 2 aromatic carbocycles. The number of carbonyl (C=O) groups is 2. The van der Waals surface area contributed by atoms with Crippen molar-refractivity contribution in [3.05, 3.63) is 75.9 Å². The summed E-state index contributed by atoms with van der Waals surface area (Å²) in [5, 5.41) is 11.7. The Balaban J connectivity index is 1.39. The van der Waals surface area contributed by atoms with E-state index in [0.717, 1.165) is 20.9 Å². The van der Waals surface area contributed by atoms with Gasteiger partial charge in [-0.1, -0.05) is 47.8 Å². The van der Waals surface area contributed by atoms with Crippen LogP contribution < -0.4 is 10.0 Å². The Bertz CT molecular complexity index is 1150. The fraction of sp³-hybridized carbons (Fsp3) is 0.250. The second-order valence-corrected chi connectivity index (χ2v) is 10.2. The fourth-order valence-corrected chi connectivity index (χ4v) is 5.95. The van der Waals surface area contributed by atoms with E-state index in [2.05, 4.69) is 22.2 Å². The molecule has 3 N–H and O–H groups in total. The zero-order chi connectivity index (χ0) is 23.4. The highest BCUT2D eigenvalue weighted by Crippen LogP contribution is 2.37. The molecule has 2 unspecified atom stereocenters. The minimum Gasteiger partial charge on any atom is -0.481 e. The molecular formula is C24H22ClFN2O3S2. The zero-order valence-corrected chi connectivity index (χ0v) is 19.9. The van der Waals surface area contributed by atoms with Gasteiger partial charge in [0.1, 0.15) is 5.82 Å². The molecule has 0 aliphatic carbocycles. The fourth-order valence-electron chi connectivity index (χ4n) is 3.61. The third kappa shape index (κ3) is 6.14. The first-order valence-corrected chi connectivity index (χ1v) is 12.6. The second-order valence-electron chi connectivity index (χ2n) is 7.82. The van der Waals surface area contributed by atoms with Gasteiger partial charge in [0.15, 0.2) is 0 Å². The summed E-state index contributed by atoms with van der Waals surface area (Å²) in [5.74, 6) is -0.966. The van der Waals surface area contributed by atoms with Gasteiger partial charge < -0.3 is 10.4 Å². The highest BCUT2D eigenvalue weighted by Gasteiger charge is 2.29. The minimum absolute atomic E-state index is 0.0219. The normalized spacial score (nSPS) is 18.1. The number of aryl methyl sites for hydroxylation is 1. The Morgan fingerprint density at radius 2 is 1.94 bits per heavy atom. The lowest BCUT2D eigenvalue weighted by Crippen LogP contribution is -2.33. The van der Waals surface area contributed by atoms with E-state index in [9.17, 15) is 14.0 Å². The lowest BCUT2D eigenvalue weighted by atomic mass is 9.99. The molecule has 1 aliphatic rings. The maximum Gasteiger partial charge on any atom is 0.303 e. The summed E-state index contributed by atoms with van der Waals surface area (Å²) in [5.41, 5.74) is 2.56. The van der Waals surface area contributed by atoms with Crippen molar-refractivity contribution in [2.24, 2.45) is 5.92 Å². The predicted octanol–water partition coefficient (Wildman–Crippen LogP) is 6.16. The van der Waals surface area contributed by atoms with E-state index in [1.807, 2.05) is 24.3 Å². The van der Waals surface area contributed by atoms with Crippen LogP contribution in [-0.4, -0.2) is 22.7 Å². The van der Waals surface area contributed by atoms with E-state index in [1.54, 1.807) is 11.3 Å². The summed E-state index contributed by atoms with van der Waals surface area (Å²) in [6.07, 6.45) is 1.29. The average Bonchev–Trinajstić information content (AvgIpc) is 3.31. The van der Waals surface area contributed by atoms with Crippen LogP contribution in [0.4, 0.5) is 10.1 Å². The van der Waals surface area contributed by atoms with Crippen molar-refractivity contribution in [1.82, 2.24) is 4.72 Å². The highest BCUT2D eigenvalue weighted by molar-refractivity contribution is 7.97. The maximum absolute atomic E-state index is 13.4. The molecule has 0 bridgehead atoms. The van der Waals surface area contributed by atoms with Crippen molar-refractivity contribution in [2.75, 3.05) is 11.1 Å². The molecule has 4 rings (SSSR count). The van der Waals surface area contributed by atoms with E-state index in [-0.39, 0.29) is 29.3 Å². The van der Waals surface area contributed by atoms with Gasteiger partial charge in [-0.2, -0.15) is 0 Å². The van der Waals surface area contributed by atoms with Crippen LogP contribution in [0.1, 0.15) is 29.3 Å². The average molecular weight is 505 g/mol. The number of amides is 1. The number of carboxylic acids is 1. The Labute approximate surface area is 204 Å². The summed E-state index contributed by atoms with van der Waals surface area (Å²) >= 11 is 9.02. The van der Waals surface area contributed by atoms with Crippen molar-refractivity contribution in [2.45, 2.75) is 25.3 Å². The highest BCUT2D eigenvalue weighted by atomic mass is 35.5. The van der Waals surface area contributed by atoms with Crippen molar-refractivity contribution < 1.29 is 19.1 Å². The molecule has 0 radical (unpaired) electrons. The summed E-state index contributed by atoms with van der Waals surface area (Å²) in [6.45, 7) is 0. The number of thiophene rings is 1. The predicted molar refractivity (Wildman–Crippen MR) is 132 cm³/mol. The maximum atomic E-state index is 13.4. The van der Waals surface area contributed by atoms with Gasteiger partial charge >= 0.3 is 5.97 Å². The molecule has 172 valence electrons. The molecule has 2 atom stereocenters. The van der Waals surface area contributed by atoms with Crippen LogP contribution in [0.5, 0.6) is 0 Å². The Hall–Kier alpha value is -2.39. The van der Waals surface area contributed by atoms with Crippen molar-refractivity contribution in [1.29, 1.82) is 0 Å². The van der Waals surface area contributed by atoms with Crippen LogP contribution >= 0.6 is 34.9 Å². The molecule has 1 saturated heterocycles. The number of carboxylic acid groups (broad SMARTS) is 1. The van der Waals surface area contributed by atoms with Crippen molar-refractivity contribution in [3.63, 3.8) is 0 Å². The summed E-state index contributed by atoms with van der Waals surface area (Å²) < 4.78 is 16.8. The Morgan fingerprint density at radius 1 is 1.15 bits per heavy atom. The van der Waals surface area contributed by atoms with Gasteiger partial charge in [-0.05, 0) is 54.3 Å². The van der Waals surface area contributed by atoms with Crippen LogP contribution in [0.3, 0.4) is 0 Å². The van der Waals surface area contributed by atoms with Crippen LogP contribution in [0, 0.1) is 11.7 Å². The minimum atomic E-state index is -0.798. The number of rotatable bonds is 7. The van der Waals surface area contributed by atoms with Gasteiger partial charge in [-0.25, -0.2) is 4.39 Å². The molecular weight excluding hydrogens is 483 g/mol. The lowest BCUT2D eigenvalue weighted by molar-refractivity contribution is -0.137. The van der Waals surface area contributed by atoms with Crippen LogP contribution in [0.25, 0.3) is 10.4 Å². The Morgan fingerprint density at radius 3 is 2.67 bits per heavy atom. The summed E-state index contributed by atoms with van der Waals surface area (Å²) in [7, 11) is 0. The number of anilines is 1. The molecule has 1 aromatic heterocycles. The lowest BCUT2D eigenvalue weighted by Gasteiger charge is -2.28. The number of nitrogens with one attached hydrogen (secondary N) is 2. The zero-order valence-electron chi connectivity index (χ0n) is 17.5. The molecule has 33 heavy (non-hydrogen) atoms. The SMILES string of the molecule is O=C(O)CCc1ccc(-c2ccc(C3CC(C(=O)Nc4ccc(F)c(Cl)c4)CSN3)s2)cc1. The molecule has 1 amide bonds. The van der Waals surface area contributed by atoms with E-state index in [4.69, 9.17) is 16.7 Å². The third-order valence-electron chi connectivity index (χ3n) is 5.42. The summed E-state index contributed by atoms with van der Waals surface area (Å²) in [4.78, 5) is 25.8. The number of aliphatic carboxylic acids is 1. The first-order valence-electron chi connectivity index (χ1n) is 10.4. The summed E-state index contributed by atoms with van der Waals surface area (Å²) in [6, 6.07) is 16.3. The molecule has 1 fully saturated rings. The molecule has 9 heteroatoms. The molecule has 0 saturated carbocycles. The standard InChI is InChI=1S/C24H22ClFN2O3S2/c25-18-12-17(6-7-19(18)26)27-24(31)16-11-20(28-32-13-16)22-9-8-21(33-22)15-4-1-14(2-5-15)3-10-23(29)30/h1-2,4-9,12,16,20,28H,3,10-11,13H2,(H,27,31)(H,29,30). The van der Waals surface area contributed by atoms with Gasteiger partial charge in [-0.15, -0.1) is 11.3 Å². The number of carbonyl (C=O) groups excluding carboxylic acids is 1. The van der Waals surface area contributed by atoms with E-state index < -0.39 is 11.8 Å². The van der Waals surface area contributed by atoms with Gasteiger partial charge in [-0.3, -0.25) is 14.3 Å². The van der Waals surface area contributed by atoms with Crippen LogP contribution in [0.2, 0.25) is 5.02 Å². The topological polar surface area (TPSA) is 78.4 Å². The van der Waals surface area contributed by atoms with E-state index in [0.29, 0.717) is 24.3 Å². The van der Waals surface area contributed by atoms with Gasteiger partial charge in [0.25, 0.3) is 0 Å².